The first kappa shape index (κ1) is 16.0. The quantitative estimate of drug-likeness (QED) is 0.510. The van der Waals surface area contributed by atoms with Gasteiger partial charge in [0.05, 0.1) is 0 Å². The molecule has 0 unspecified atom stereocenters. The fourth-order valence-electron chi connectivity index (χ4n) is 0.971. The maximum Gasteiger partial charge on any atom is 0.389 e. The zero-order chi connectivity index (χ0) is 13.0. The molecule has 0 bridgehead atoms. The van der Waals surface area contributed by atoms with Crippen molar-refractivity contribution in [2.75, 3.05) is 6.61 Å². The zero-order valence-electron chi connectivity index (χ0n) is 10.9. The first-order valence-electron chi connectivity index (χ1n) is 5.66. The van der Waals surface area contributed by atoms with Crippen molar-refractivity contribution in [3.63, 3.8) is 0 Å². The van der Waals surface area contributed by atoms with Crippen LogP contribution in [0.2, 0.25) is 18.1 Å². The molecule has 0 aromatic rings. The van der Waals surface area contributed by atoms with Crippen LogP contribution in [-0.2, 0) is 4.43 Å². The number of unbranched alkanes of at least 4 members (excludes halogenated alkanes) is 1. The fourth-order valence-corrected chi connectivity index (χ4v) is 2.06. The Morgan fingerprint density at radius 3 is 1.88 bits per heavy atom. The molecule has 98 valence electrons. The van der Waals surface area contributed by atoms with Crippen molar-refractivity contribution in [1.82, 2.24) is 0 Å². The summed E-state index contributed by atoms with van der Waals surface area (Å²) in [6, 6.07) is 0. The van der Waals surface area contributed by atoms with Crippen LogP contribution in [-0.4, -0.2) is 21.1 Å². The van der Waals surface area contributed by atoms with E-state index in [1.165, 1.54) is 0 Å². The Morgan fingerprint density at radius 2 is 1.50 bits per heavy atom. The van der Waals surface area contributed by atoms with Crippen LogP contribution in [0.25, 0.3) is 0 Å². The summed E-state index contributed by atoms with van der Waals surface area (Å²) in [7, 11) is -1.78. The Hall–Kier alpha value is -0.0331. The molecule has 0 aliphatic heterocycles. The predicted octanol–water partition coefficient (Wildman–Crippen LogP) is 4.74. The summed E-state index contributed by atoms with van der Waals surface area (Å²) in [4.78, 5) is 0. The van der Waals surface area contributed by atoms with E-state index in [-0.39, 0.29) is 11.5 Å². The van der Waals surface area contributed by atoms with Gasteiger partial charge < -0.3 is 4.43 Å². The lowest BCUT2D eigenvalue weighted by Crippen LogP contribution is -2.40. The summed E-state index contributed by atoms with van der Waals surface area (Å²) in [5.41, 5.74) is 0. The summed E-state index contributed by atoms with van der Waals surface area (Å²) in [6.45, 7) is 11.0. The van der Waals surface area contributed by atoms with Gasteiger partial charge in [0.1, 0.15) is 0 Å². The standard InChI is InChI=1S/C11H23F3OSi/c1-10(2,3)16(4,5)15-9-7-6-8-11(12,13)14/h6-9H2,1-5H3. The van der Waals surface area contributed by atoms with Gasteiger partial charge in [-0.1, -0.05) is 20.8 Å². The highest BCUT2D eigenvalue weighted by molar-refractivity contribution is 6.74. The lowest BCUT2D eigenvalue weighted by Gasteiger charge is -2.36. The first-order valence-corrected chi connectivity index (χ1v) is 8.57. The second-order valence-corrected chi connectivity index (χ2v) is 10.5. The van der Waals surface area contributed by atoms with E-state index in [0.29, 0.717) is 13.0 Å². The van der Waals surface area contributed by atoms with Gasteiger partial charge in [0.15, 0.2) is 8.32 Å². The predicted molar refractivity (Wildman–Crippen MR) is 63.1 cm³/mol. The van der Waals surface area contributed by atoms with Gasteiger partial charge in [-0.15, -0.1) is 0 Å². The van der Waals surface area contributed by atoms with Gasteiger partial charge in [0.2, 0.25) is 0 Å². The summed E-state index contributed by atoms with van der Waals surface area (Å²) in [5.74, 6) is 0. The van der Waals surface area contributed by atoms with Crippen molar-refractivity contribution in [2.24, 2.45) is 0 Å². The Balaban J connectivity index is 3.75. The normalized spacial score (nSPS) is 14.2. The monoisotopic (exact) mass is 256 g/mol. The molecule has 0 fully saturated rings. The van der Waals surface area contributed by atoms with Gasteiger partial charge in [-0.2, -0.15) is 13.2 Å². The van der Waals surface area contributed by atoms with E-state index in [1.807, 2.05) is 0 Å². The summed E-state index contributed by atoms with van der Waals surface area (Å²) in [6.07, 6.45) is -4.07. The Labute approximate surface area is 97.5 Å². The molecule has 0 amide bonds. The molecule has 0 N–H and O–H groups in total. The minimum absolute atomic E-state index is 0.122. The topological polar surface area (TPSA) is 9.23 Å². The Bertz CT molecular complexity index is 206. The highest BCUT2D eigenvalue weighted by Gasteiger charge is 2.36. The minimum atomic E-state index is -4.03. The second kappa shape index (κ2) is 5.54. The van der Waals surface area contributed by atoms with Crippen molar-refractivity contribution in [3.8, 4) is 0 Å². The van der Waals surface area contributed by atoms with E-state index in [4.69, 9.17) is 4.43 Å². The van der Waals surface area contributed by atoms with Crippen molar-refractivity contribution in [1.29, 1.82) is 0 Å². The molecule has 0 rings (SSSR count). The minimum Gasteiger partial charge on any atom is -0.417 e. The molecule has 0 saturated carbocycles. The molecule has 0 aliphatic rings. The number of alkyl halides is 3. The Kier molecular flexibility index (Phi) is 5.52. The van der Waals surface area contributed by atoms with E-state index in [1.54, 1.807) is 0 Å². The first-order chi connectivity index (χ1) is 6.96. The molecular weight excluding hydrogens is 233 g/mol. The van der Waals surface area contributed by atoms with E-state index in [0.717, 1.165) is 0 Å². The van der Waals surface area contributed by atoms with E-state index >= 15 is 0 Å². The average Bonchev–Trinajstić information content (AvgIpc) is 1.98. The SMILES string of the molecule is CC(C)(C)[Si](C)(C)OCCCCC(F)(F)F. The molecule has 0 aliphatic carbocycles. The van der Waals surface area contributed by atoms with Crippen LogP contribution in [0.5, 0.6) is 0 Å². The molecule has 1 nitrogen and oxygen atoms in total. The summed E-state index contributed by atoms with van der Waals surface area (Å²) < 4.78 is 41.4. The van der Waals surface area contributed by atoms with Crippen molar-refractivity contribution >= 4 is 8.32 Å². The lowest BCUT2D eigenvalue weighted by molar-refractivity contribution is -0.135. The smallest absolute Gasteiger partial charge is 0.389 e. The van der Waals surface area contributed by atoms with Crippen molar-refractivity contribution in [3.05, 3.63) is 0 Å². The van der Waals surface area contributed by atoms with Crippen LogP contribution in [0, 0.1) is 0 Å². The maximum atomic E-state index is 11.9. The highest BCUT2D eigenvalue weighted by Crippen LogP contribution is 2.36. The van der Waals surface area contributed by atoms with E-state index in [2.05, 4.69) is 33.9 Å². The number of hydrogen-bond acceptors (Lipinski definition) is 1. The molecule has 0 aromatic heterocycles. The number of hydrogen-bond donors (Lipinski definition) is 0. The number of rotatable bonds is 5. The van der Waals surface area contributed by atoms with Gasteiger partial charge in [-0.25, -0.2) is 0 Å². The van der Waals surface area contributed by atoms with Gasteiger partial charge >= 0.3 is 6.18 Å². The largest absolute Gasteiger partial charge is 0.417 e. The summed E-state index contributed by atoms with van der Waals surface area (Å²) >= 11 is 0. The average molecular weight is 256 g/mol. The number of halogens is 3. The molecular formula is C11H23F3OSi. The van der Waals surface area contributed by atoms with E-state index in [9.17, 15) is 13.2 Å². The van der Waals surface area contributed by atoms with E-state index < -0.39 is 20.9 Å². The molecule has 0 aromatic carbocycles. The van der Waals surface area contributed by atoms with Crippen LogP contribution < -0.4 is 0 Å². The third-order valence-electron chi connectivity index (χ3n) is 3.12. The van der Waals surface area contributed by atoms with Gasteiger partial charge in [-0.3, -0.25) is 0 Å². The second-order valence-electron chi connectivity index (χ2n) is 5.68. The van der Waals surface area contributed by atoms with Crippen LogP contribution in [0.4, 0.5) is 13.2 Å². The molecule has 0 radical (unpaired) electrons. The Morgan fingerprint density at radius 1 is 1.00 bits per heavy atom. The highest BCUT2D eigenvalue weighted by atomic mass is 28.4. The fraction of sp³-hybridized carbons (Fsp3) is 1.00. The van der Waals surface area contributed by atoms with Gasteiger partial charge in [0.25, 0.3) is 0 Å². The van der Waals surface area contributed by atoms with Crippen LogP contribution in [0.15, 0.2) is 0 Å². The molecule has 5 heteroatoms. The van der Waals surface area contributed by atoms with Gasteiger partial charge in [0, 0.05) is 13.0 Å². The summed E-state index contributed by atoms with van der Waals surface area (Å²) in [5, 5.41) is 0.122. The van der Waals surface area contributed by atoms with Crippen LogP contribution >= 0.6 is 0 Å². The van der Waals surface area contributed by atoms with Crippen LogP contribution in [0.3, 0.4) is 0 Å². The molecule has 0 atom stereocenters. The third-order valence-corrected chi connectivity index (χ3v) is 7.66. The third kappa shape index (κ3) is 6.53. The molecule has 0 saturated heterocycles. The molecule has 0 spiro atoms. The zero-order valence-corrected chi connectivity index (χ0v) is 11.9. The molecule has 0 heterocycles. The lowest BCUT2D eigenvalue weighted by atomic mass is 10.2. The van der Waals surface area contributed by atoms with Crippen molar-refractivity contribution in [2.45, 2.75) is 64.3 Å². The van der Waals surface area contributed by atoms with Crippen molar-refractivity contribution < 1.29 is 17.6 Å². The maximum absolute atomic E-state index is 11.9. The molecule has 16 heavy (non-hydrogen) atoms. The van der Waals surface area contributed by atoms with Crippen LogP contribution in [0.1, 0.15) is 40.0 Å². The van der Waals surface area contributed by atoms with Gasteiger partial charge in [-0.05, 0) is 31.0 Å².